The van der Waals surface area contributed by atoms with E-state index in [1.54, 1.807) is 6.20 Å². The van der Waals surface area contributed by atoms with E-state index in [9.17, 15) is 0 Å². The molecule has 0 spiro atoms. The molecule has 0 aliphatic heterocycles. The van der Waals surface area contributed by atoms with Gasteiger partial charge in [-0.15, -0.1) is 11.6 Å². The average Bonchev–Trinajstić information content (AvgIpc) is 2.54. The smallest absolute Gasteiger partial charge is 0.201 e. The lowest BCUT2D eigenvalue weighted by Crippen LogP contribution is -2.19. The molecule has 0 unspecified atom stereocenters. The zero-order valence-electron chi connectivity index (χ0n) is 7.67. The lowest BCUT2D eigenvalue weighted by atomic mass is 9.97. The van der Waals surface area contributed by atoms with E-state index in [0.29, 0.717) is 17.5 Å². The van der Waals surface area contributed by atoms with Gasteiger partial charge in [-0.2, -0.15) is 5.26 Å². The fourth-order valence-corrected chi connectivity index (χ4v) is 0.952. The molecule has 0 N–H and O–H groups in total. The number of hydrogen-bond acceptors (Lipinski definition) is 3. The molecule has 1 rings (SSSR count). The van der Waals surface area contributed by atoms with E-state index in [0.717, 1.165) is 0 Å². The van der Waals surface area contributed by atoms with Crippen LogP contribution in [0.2, 0.25) is 0 Å². The zero-order chi connectivity index (χ0) is 9.90. The number of halogens is 1. The number of alkyl halides is 1. The van der Waals surface area contributed by atoms with Crippen LogP contribution in [0.25, 0.3) is 0 Å². The molecule has 1 heterocycles. The Morgan fingerprint density at radius 2 is 2.38 bits per heavy atom. The normalized spacial score (nSPS) is 11.2. The van der Waals surface area contributed by atoms with Crippen molar-refractivity contribution in [1.29, 1.82) is 5.26 Å². The molecule has 13 heavy (non-hydrogen) atoms. The maximum Gasteiger partial charge on any atom is 0.201 e. The van der Waals surface area contributed by atoms with Crippen molar-refractivity contribution < 1.29 is 4.42 Å². The molecule has 3 nitrogen and oxygen atoms in total. The van der Waals surface area contributed by atoms with Crippen LogP contribution in [0.3, 0.4) is 0 Å². The third-order valence-corrected chi connectivity index (χ3v) is 2.39. The molecular weight excluding hydrogens is 188 g/mol. The van der Waals surface area contributed by atoms with Gasteiger partial charge in [0, 0.05) is 5.88 Å². The van der Waals surface area contributed by atoms with Gasteiger partial charge in [0.25, 0.3) is 0 Å². The molecule has 4 heteroatoms. The second kappa shape index (κ2) is 3.80. The fraction of sp³-hybridized carbons (Fsp3) is 0.556. The fourth-order valence-electron chi connectivity index (χ4n) is 0.837. The summed E-state index contributed by atoms with van der Waals surface area (Å²) < 4.78 is 5.36. The van der Waals surface area contributed by atoms with Crippen molar-refractivity contribution in [2.75, 3.05) is 5.88 Å². The zero-order valence-corrected chi connectivity index (χ0v) is 8.43. The first kappa shape index (κ1) is 10.1. The van der Waals surface area contributed by atoms with Crippen molar-refractivity contribution in [3.63, 3.8) is 0 Å². The molecule has 1 aromatic heterocycles. The van der Waals surface area contributed by atoms with Gasteiger partial charge >= 0.3 is 0 Å². The highest BCUT2D eigenvalue weighted by atomic mass is 35.5. The SMILES string of the molecule is CC(C)(CCl)c1ncc(CC#N)o1. The maximum atomic E-state index is 8.43. The van der Waals surface area contributed by atoms with Crippen molar-refractivity contribution in [3.8, 4) is 6.07 Å². The summed E-state index contributed by atoms with van der Waals surface area (Å²) in [7, 11) is 0. The third-order valence-electron chi connectivity index (χ3n) is 1.72. The van der Waals surface area contributed by atoms with Gasteiger partial charge in [0.15, 0.2) is 0 Å². The Bertz CT molecular complexity index is 325. The van der Waals surface area contributed by atoms with E-state index < -0.39 is 0 Å². The molecule has 1 aromatic rings. The molecule has 0 bridgehead atoms. The summed E-state index contributed by atoms with van der Waals surface area (Å²) in [4.78, 5) is 4.08. The van der Waals surface area contributed by atoms with Crippen molar-refractivity contribution in [2.45, 2.75) is 25.7 Å². The van der Waals surface area contributed by atoms with Crippen molar-refractivity contribution in [3.05, 3.63) is 17.8 Å². The van der Waals surface area contributed by atoms with Gasteiger partial charge in [-0.1, -0.05) is 0 Å². The van der Waals surface area contributed by atoms with Crippen LogP contribution >= 0.6 is 11.6 Å². The first-order valence-corrected chi connectivity index (χ1v) is 4.51. The Hall–Kier alpha value is -1.01. The second-order valence-corrected chi connectivity index (χ2v) is 3.75. The predicted molar refractivity (Wildman–Crippen MR) is 49.6 cm³/mol. The topological polar surface area (TPSA) is 49.8 Å². The maximum absolute atomic E-state index is 8.43. The monoisotopic (exact) mass is 198 g/mol. The number of rotatable bonds is 3. The van der Waals surface area contributed by atoms with Gasteiger partial charge in [-0.3, -0.25) is 0 Å². The number of nitriles is 1. The Balaban J connectivity index is 2.86. The van der Waals surface area contributed by atoms with Crippen molar-refractivity contribution >= 4 is 11.6 Å². The molecule has 0 aliphatic rings. The molecule has 0 saturated carbocycles. The summed E-state index contributed by atoms with van der Waals surface area (Å²) >= 11 is 5.75. The summed E-state index contributed by atoms with van der Waals surface area (Å²) in [6.45, 7) is 3.89. The quantitative estimate of drug-likeness (QED) is 0.700. The second-order valence-electron chi connectivity index (χ2n) is 3.48. The highest BCUT2D eigenvalue weighted by Gasteiger charge is 2.25. The van der Waals surface area contributed by atoms with Crippen LogP contribution < -0.4 is 0 Å². The highest BCUT2D eigenvalue weighted by Crippen LogP contribution is 2.23. The molecule has 0 fully saturated rings. The van der Waals surface area contributed by atoms with Gasteiger partial charge in [0.05, 0.1) is 24.1 Å². The minimum atomic E-state index is -0.269. The van der Waals surface area contributed by atoms with Crippen LogP contribution in [0.1, 0.15) is 25.5 Å². The Morgan fingerprint density at radius 3 is 2.92 bits per heavy atom. The number of aromatic nitrogens is 1. The summed E-state index contributed by atoms with van der Waals surface area (Å²) in [5.74, 6) is 1.63. The molecule has 0 atom stereocenters. The van der Waals surface area contributed by atoms with Crippen LogP contribution in [0.15, 0.2) is 10.6 Å². The number of hydrogen-bond donors (Lipinski definition) is 0. The first-order chi connectivity index (χ1) is 6.10. The summed E-state index contributed by atoms with van der Waals surface area (Å²) in [6.07, 6.45) is 1.83. The Kier molecular flexibility index (Phi) is 2.94. The highest BCUT2D eigenvalue weighted by molar-refractivity contribution is 6.18. The molecule has 0 saturated heterocycles. The van der Waals surface area contributed by atoms with Gasteiger partial charge < -0.3 is 4.42 Å². The number of nitrogens with zero attached hydrogens (tertiary/aromatic N) is 2. The van der Waals surface area contributed by atoms with E-state index in [1.165, 1.54) is 0 Å². The van der Waals surface area contributed by atoms with Gasteiger partial charge in [0.2, 0.25) is 5.89 Å². The van der Waals surface area contributed by atoms with Gasteiger partial charge in [-0.05, 0) is 13.8 Å². The lowest BCUT2D eigenvalue weighted by molar-refractivity contribution is 0.380. The van der Waals surface area contributed by atoms with Crippen molar-refractivity contribution in [1.82, 2.24) is 4.98 Å². The molecule has 0 radical (unpaired) electrons. The summed E-state index contributed by atoms with van der Waals surface area (Å²) in [6, 6.07) is 2.00. The summed E-state index contributed by atoms with van der Waals surface area (Å²) in [5, 5.41) is 8.43. The molecule has 70 valence electrons. The number of oxazole rings is 1. The predicted octanol–water partition coefficient (Wildman–Crippen LogP) is 2.26. The first-order valence-electron chi connectivity index (χ1n) is 3.98. The van der Waals surface area contributed by atoms with Crippen LogP contribution in [0.5, 0.6) is 0 Å². The molecular formula is C9H11ClN2O. The van der Waals surface area contributed by atoms with Gasteiger partial charge in [-0.25, -0.2) is 4.98 Å². The van der Waals surface area contributed by atoms with Crippen LogP contribution in [0, 0.1) is 11.3 Å². The van der Waals surface area contributed by atoms with Gasteiger partial charge in [0.1, 0.15) is 5.76 Å². The van der Waals surface area contributed by atoms with E-state index in [-0.39, 0.29) is 11.8 Å². The van der Waals surface area contributed by atoms with Crippen LogP contribution in [0.4, 0.5) is 0 Å². The molecule has 0 aromatic carbocycles. The van der Waals surface area contributed by atoms with E-state index in [4.69, 9.17) is 21.3 Å². The van der Waals surface area contributed by atoms with E-state index >= 15 is 0 Å². The minimum absolute atomic E-state index is 0.255. The largest absolute Gasteiger partial charge is 0.444 e. The van der Waals surface area contributed by atoms with E-state index in [1.807, 2.05) is 19.9 Å². The third kappa shape index (κ3) is 2.22. The van der Waals surface area contributed by atoms with Crippen LogP contribution in [-0.2, 0) is 11.8 Å². The molecule has 0 amide bonds. The molecule has 0 aliphatic carbocycles. The standard InChI is InChI=1S/C9H11ClN2O/c1-9(2,6-10)8-12-5-7(13-8)3-4-11/h5H,3,6H2,1-2H3. The van der Waals surface area contributed by atoms with Crippen LogP contribution in [-0.4, -0.2) is 10.9 Å². The Morgan fingerprint density at radius 1 is 1.69 bits per heavy atom. The van der Waals surface area contributed by atoms with Crippen molar-refractivity contribution in [2.24, 2.45) is 0 Å². The average molecular weight is 199 g/mol. The van der Waals surface area contributed by atoms with E-state index in [2.05, 4.69) is 4.98 Å². The minimum Gasteiger partial charge on any atom is -0.444 e. The lowest BCUT2D eigenvalue weighted by Gasteiger charge is -2.15. The Labute approximate surface area is 82.3 Å². The summed E-state index contributed by atoms with van der Waals surface area (Å²) in [5.41, 5.74) is -0.269.